The van der Waals surface area contributed by atoms with E-state index in [4.69, 9.17) is 57.7 Å². The van der Waals surface area contributed by atoms with E-state index in [1.54, 1.807) is 0 Å². The van der Waals surface area contributed by atoms with Gasteiger partial charge in [0, 0.05) is 0 Å². The van der Waals surface area contributed by atoms with Crippen molar-refractivity contribution in [2.24, 2.45) is 0 Å². The quantitative estimate of drug-likeness (QED) is 0.169. The van der Waals surface area contributed by atoms with Gasteiger partial charge in [-0.05, 0) is 36.4 Å². The summed E-state index contributed by atoms with van der Waals surface area (Å²) >= 11 is 0. The summed E-state index contributed by atoms with van der Waals surface area (Å²) in [5.74, 6) is 0. The third-order valence-electron chi connectivity index (χ3n) is 2.94. The molecule has 3 rings (SSSR count). The smallest absolute Gasteiger partial charge is 0.466 e. The highest BCUT2D eigenvalue weighted by atomic mass is 32.2. The summed E-state index contributed by atoms with van der Waals surface area (Å²) in [6, 6.07) is 32.2. The van der Waals surface area contributed by atoms with Gasteiger partial charge in [-0.1, -0.05) is 54.6 Å². The molecule has 0 unspecified atom stereocenters. The molecule has 3 aromatic carbocycles. The van der Waals surface area contributed by atoms with Crippen LogP contribution in [-0.4, -0.2) is 39.1 Å². The first-order chi connectivity index (χ1) is 15.4. The summed E-state index contributed by atoms with van der Waals surface area (Å²) in [4.78, 5) is 70.1. The lowest BCUT2D eigenvalue weighted by Gasteiger charge is -2.07. The summed E-state index contributed by atoms with van der Waals surface area (Å²) in [6.45, 7) is 0. The Labute approximate surface area is 197 Å². The van der Waals surface area contributed by atoms with Crippen LogP contribution in [0.3, 0.4) is 0 Å². The van der Waals surface area contributed by atoms with Crippen LogP contribution in [0.1, 0.15) is 0 Å². The molecule has 0 spiro atoms. The molecule has 0 fully saturated rings. The van der Waals surface area contributed by atoms with Crippen LogP contribution in [0.4, 0.5) is 0 Å². The van der Waals surface area contributed by atoms with Crippen LogP contribution in [0.5, 0.6) is 0 Å². The zero-order chi connectivity index (χ0) is 26.4. The zero-order valence-electron chi connectivity index (χ0n) is 17.1. The fraction of sp³-hybridized carbons (Fsp3) is 0. The Hall–Kier alpha value is -1.66. The maximum atomic E-state index is 8.88. The standard InChI is InChI=1S/C18H15S.3H3O4P/c1-4-10-16(11-5-1)19(17-12-6-2-7-13-17)18-14-8-3-9-15-18;3*1-5(2,3)4/h1-15H;3*(H3,1,2,3,4)/q+1;;;/p-1. The van der Waals surface area contributed by atoms with Gasteiger partial charge in [0.25, 0.3) is 7.82 Å². The minimum atomic E-state index is -4.89. The van der Waals surface area contributed by atoms with Crippen LogP contribution in [0.25, 0.3) is 0 Å². The largest absolute Gasteiger partial charge is 0.756 e. The van der Waals surface area contributed by atoms with Gasteiger partial charge in [0.05, 0.1) is 10.9 Å². The fourth-order valence-electron chi connectivity index (χ4n) is 2.08. The van der Waals surface area contributed by atoms with Crippen molar-refractivity contribution in [2.45, 2.75) is 14.7 Å². The topological polar surface area (TPSA) is 236 Å². The predicted molar refractivity (Wildman–Crippen MR) is 122 cm³/mol. The van der Waals surface area contributed by atoms with Gasteiger partial charge >= 0.3 is 15.6 Å². The van der Waals surface area contributed by atoms with E-state index < -0.39 is 23.5 Å². The second kappa shape index (κ2) is 15.4. The molecular formula is C18H23O12P3S. The Morgan fingerprint density at radius 3 is 0.765 bits per heavy atom. The van der Waals surface area contributed by atoms with E-state index in [0.717, 1.165) is 0 Å². The van der Waals surface area contributed by atoms with Crippen molar-refractivity contribution < 1.29 is 57.7 Å². The van der Waals surface area contributed by atoms with Crippen LogP contribution in [0.2, 0.25) is 0 Å². The van der Waals surface area contributed by atoms with Crippen molar-refractivity contribution in [3.63, 3.8) is 0 Å². The Balaban J connectivity index is 0.000000599. The molecule has 0 radical (unpaired) electrons. The molecule has 0 atom stereocenters. The number of benzene rings is 3. The van der Waals surface area contributed by atoms with Crippen LogP contribution < -0.4 is 4.89 Å². The van der Waals surface area contributed by atoms with Crippen LogP contribution in [0, 0.1) is 0 Å². The minimum absolute atomic E-state index is 0.0146. The molecule has 0 aliphatic heterocycles. The van der Waals surface area contributed by atoms with Gasteiger partial charge in [0.15, 0.2) is 14.7 Å². The Kier molecular flexibility index (Phi) is 14.6. The van der Waals surface area contributed by atoms with E-state index in [0.29, 0.717) is 0 Å². The molecule has 0 saturated carbocycles. The lowest BCUT2D eigenvalue weighted by Crippen LogP contribution is -2.04. The first kappa shape index (κ1) is 32.3. The van der Waals surface area contributed by atoms with Crippen molar-refractivity contribution in [1.82, 2.24) is 0 Å². The van der Waals surface area contributed by atoms with E-state index in [2.05, 4.69) is 91.0 Å². The second-order valence-corrected chi connectivity index (χ2v) is 10.8. The lowest BCUT2D eigenvalue weighted by molar-refractivity contribution is -0.214. The van der Waals surface area contributed by atoms with Gasteiger partial charge in [0.2, 0.25) is 0 Å². The molecule has 16 heteroatoms. The highest BCUT2D eigenvalue weighted by Gasteiger charge is 2.27. The van der Waals surface area contributed by atoms with Crippen molar-refractivity contribution in [2.75, 3.05) is 0 Å². The molecular weight excluding hydrogens is 533 g/mol. The molecule has 0 amide bonds. The maximum Gasteiger partial charge on any atom is 0.466 e. The monoisotopic (exact) mass is 556 g/mol. The number of hydrogen-bond donors (Lipinski definition) is 8. The Morgan fingerprint density at radius 1 is 0.471 bits per heavy atom. The summed E-state index contributed by atoms with van der Waals surface area (Å²) < 4.78 is 26.5. The SMILES string of the molecule is O=P(O)(O)O.O=P(O)(O)O.O=P([O-])(O)O.c1ccc([S+](c2ccccc2)c2ccccc2)cc1. The molecule has 0 bridgehead atoms. The minimum Gasteiger partial charge on any atom is -0.756 e. The second-order valence-electron chi connectivity index (χ2n) is 5.76. The van der Waals surface area contributed by atoms with Gasteiger partial charge in [-0.25, -0.2) is 9.13 Å². The summed E-state index contributed by atoms with van der Waals surface area (Å²) in [5.41, 5.74) is 0. The molecule has 188 valence electrons. The number of hydrogen-bond acceptors (Lipinski definition) is 4. The van der Waals surface area contributed by atoms with Crippen molar-refractivity contribution in [3.05, 3.63) is 91.0 Å². The average Bonchev–Trinajstić information content (AvgIpc) is 2.67. The van der Waals surface area contributed by atoms with Gasteiger partial charge in [-0.2, -0.15) is 0 Å². The molecule has 0 aliphatic carbocycles. The summed E-state index contributed by atoms with van der Waals surface area (Å²) in [5, 5.41) is 0. The van der Waals surface area contributed by atoms with Crippen molar-refractivity contribution >= 4 is 34.4 Å². The van der Waals surface area contributed by atoms with Crippen LogP contribution in [0.15, 0.2) is 106 Å². The van der Waals surface area contributed by atoms with Gasteiger partial charge in [-0.3, -0.25) is 4.57 Å². The van der Waals surface area contributed by atoms with E-state index in [1.165, 1.54) is 14.7 Å². The Morgan fingerprint density at radius 2 is 0.618 bits per heavy atom. The first-order valence-electron chi connectivity index (χ1n) is 8.67. The maximum absolute atomic E-state index is 8.88. The summed E-state index contributed by atoms with van der Waals surface area (Å²) in [7, 11) is -14.2. The third-order valence-corrected chi connectivity index (χ3v) is 5.17. The number of rotatable bonds is 3. The molecule has 3 aromatic rings. The highest BCUT2D eigenvalue weighted by Crippen LogP contribution is 2.30. The van der Waals surface area contributed by atoms with E-state index in [9.17, 15) is 0 Å². The molecule has 8 N–H and O–H groups in total. The highest BCUT2D eigenvalue weighted by molar-refractivity contribution is 7.97. The van der Waals surface area contributed by atoms with Crippen molar-refractivity contribution in [1.29, 1.82) is 0 Å². The molecule has 0 aromatic heterocycles. The predicted octanol–water partition coefficient (Wildman–Crippen LogP) is 1.36. The van der Waals surface area contributed by atoms with E-state index in [1.807, 2.05) is 0 Å². The van der Waals surface area contributed by atoms with Crippen LogP contribution >= 0.6 is 23.5 Å². The van der Waals surface area contributed by atoms with E-state index in [-0.39, 0.29) is 10.9 Å². The van der Waals surface area contributed by atoms with Gasteiger partial charge < -0.3 is 44.0 Å². The van der Waals surface area contributed by atoms with Gasteiger partial charge in [0.1, 0.15) is 0 Å². The Bertz CT molecular complexity index is 919. The van der Waals surface area contributed by atoms with Crippen molar-refractivity contribution in [3.8, 4) is 0 Å². The first-order valence-corrected chi connectivity index (χ1v) is 14.6. The molecule has 0 aliphatic rings. The third kappa shape index (κ3) is 22.1. The molecule has 0 heterocycles. The molecule has 12 nitrogen and oxygen atoms in total. The zero-order valence-corrected chi connectivity index (χ0v) is 20.6. The molecule has 0 saturated heterocycles. The normalized spacial score (nSPS) is 11.1. The number of phosphoric acid groups is 3. The van der Waals surface area contributed by atoms with Crippen LogP contribution in [-0.2, 0) is 24.6 Å². The average molecular weight is 556 g/mol. The van der Waals surface area contributed by atoms with E-state index >= 15 is 0 Å². The van der Waals surface area contributed by atoms with Gasteiger partial charge in [-0.15, -0.1) is 0 Å². The lowest BCUT2D eigenvalue weighted by atomic mass is 10.4. The summed E-state index contributed by atoms with van der Waals surface area (Å²) in [6.07, 6.45) is 0. The molecule has 34 heavy (non-hydrogen) atoms. The fourth-order valence-corrected chi connectivity index (χ4v) is 4.18.